The molecule has 1 heterocycles. The quantitative estimate of drug-likeness (QED) is 0.726. The van der Waals surface area contributed by atoms with Crippen LogP contribution < -0.4 is 10.1 Å². The van der Waals surface area contributed by atoms with E-state index in [2.05, 4.69) is 15.6 Å². The van der Waals surface area contributed by atoms with Gasteiger partial charge in [-0.05, 0) is 6.07 Å². The molecule has 1 aromatic carbocycles. The fourth-order valence-electron chi connectivity index (χ4n) is 1.77. The molecule has 1 aromatic heterocycles. The van der Waals surface area contributed by atoms with E-state index in [9.17, 15) is 4.79 Å². The number of hydrogen-bond donors (Lipinski definition) is 2. The Kier molecular flexibility index (Phi) is 4.67. The van der Waals surface area contributed by atoms with Gasteiger partial charge in [0.15, 0.2) is 5.69 Å². The van der Waals surface area contributed by atoms with Crippen molar-refractivity contribution in [2.24, 2.45) is 0 Å². The predicted octanol–water partition coefficient (Wildman–Crippen LogP) is 0.775. The zero-order valence-electron chi connectivity index (χ0n) is 11.1. The van der Waals surface area contributed by atoms with Crippen molar-refractivity contribution in [3.63, 3.8) is 0 Å². The van der Waals surface area contributed by atoms with Crippen LogP contribution in [0.1, 0.15) is 16.1 Å². The SMILES string of the molecule is COc1ccccc1CNCCn1cc(C(=O)O)nn1. The minimum atomic E-state index is -1.07. The van der Waals surface area contributed by atoms with Crippen LogP contribution in [0.5, 0.6) is 5.75 Å². The highest BCUT2D eigenvalue weighted by Crippen LogP contribution is 2.16. The second-order valence-electron chi connectivity index (χ2n) is 4.16. The maximum Gasteiger partial charge on any atom is 0.358 e. The number of benzene rings is 1. The van der Waals surface area contributed by atoms with Crippen LogP contribution in [0, 0.1) is 0 Å². The van der Waals surface area contributed by atoms with Gasteiger partial charge in [-0.15, -0.1) is 5.10 Å². The molecule has 0 radical (unpaired) electrons. The molecule has 0 spiro atoms. The maximum absolute atomic E-state index is 10.7. The number of carboxylic acid groups (broad SMARTS) is 1. The molecule has 2 rings (SSSR count). The van der Waals surface area contributed by atoms with Crippen molar-refractivity contribution in [3.05, 3.63) is 41.7 Å². The topological polar surface area (TPSA) is 89.3 Å². The van der Waals surface area contributed by atoms with E-state index in [1.54, 1.807) is 7.11 Å². The highest BCUT2D eigenvalue weighted by molar-refractivity contribution is 5.84. The zero-order chi connectivity index (χ0) is 14.4. The van der Waals surface area contributed by atoms with Crippen LogP contribution in [0.3, 0.4) is 0 Å². The largest absolute Gasteiger partial charge is 0.496 e. The van der Waals surface area contributed by atoms with Gasteiger partial charge >= 0.3 is 5.97 Å². The number of aromatic nitrogens is 3. The van der Waals surface area contributed by atoms with Gasteiger partial charge in [0.1, 0.15) is 5.75 Å². The molecular formula is C13H16N4O3. The van der Waals surface area contributed by atoms with E-state index < -0.39 is 5.97 Å². The first kappa shape index (κ1) is 14.0. The Labute approximate surface area is 116 Å². The monoisotopic (exact) mass is 276 g/mol. The molecule has 0 aliphatic rings. The molecular weight excluding hydrogens is 260 g/mol. The highest BCUT2D eigenvalue weighted by Gasteiger charge is 2.07. The Morgan fingerprint density at radius 3 is 2.95 bits per heavy atom. The van der Waals surface area contributed by atoms with Crippen molar-refractivity contribution in [1.82, 2.24) is 20.3 Å². The number of methoxy groups -OCH3 is 1. The molecule has 20 heavy (non-hydrogen) atoms. The lowest BCUT2D eigenvalue weighted by Crippen LogP contribution is -2.20. The van der Waals surface area contributed by atoms with E-state index in [-0.39, 0.29) is 5.69 Å². The fraction of sp³-hybridized carbons (Fsp3) is 0.308. The Morgan fingerprint density at radius 2 is 2.25 bits per heavy atom. The molecule has 0 aliphatic carbocycles. The van der Waals surface area contributed by atoms with Crippen LogP contribution in [0.25, 0.3) is 0 Å². The number of ether oxygens (including phenoxy) is 1. The normalized spacial score (nSPS) is 10.4. The molecule has 2 N–H and O–H groups in total. The van der Waals surface area contributed by atoms with E-state index in [1.165, 1.54) is 10.9 Å². The first-order valence-electron chi connectivity index (χ1n) is 6.16. The summed E-state index contributed by atoms with van der Waals surface area (Å²) in [5.41, 5.74) is 1.02. The van der Waals surface area contributed by atoms with Gasteiger partial charge < -0.3 is 15.2 Å². The molecule has 0 unspecified atom stereocenters. The molecule has 7 heteroatoms. The standard InChI is InChI=1S/C13H16N4O3/c1-20-12-5-3-2-4-10(12)8-14-6-7-17-9-11(13(18)19)15-16-17/h2-5,9,14H,6-8H2,1H3,(H,18,19). The molecule has 0 saturated heterocycles. The van der Waals surface area contributed by atoms with Gasteiger partial charge in [-0.1, -0.05) is 23.4 Å². The minimum absolute atomic E-state index is 0.0465. The van der Waals surface area contributed by atoms with Crippen LogP contribution in [0.2, 0.25) is 0 Å². The molecule has 0 saturated carbocycles. The summed E-state index contributed by atoms with van der Waals surface area (Å²) in [5, 5.41) is 19.3. The summed E-state index contributed by atoms with van der Waals surface area (Å²) in [7, 11) is 1.64. The van der Waals surface area contributed by atoms with Crippen LogP contribution in [-0.4, -0.2) is 39.7 Å². The fourth-order valence-corrected chi connectivity index (χ4v) is 1.77. The van der Waals surface area contributed by atoms with Gasteiger partial charge in [-0.2, -0.15) is 0 Å². The van der Waals surface area contributed by atoms with Crippen molar-refractivity contribution in [3.8, 4) is 5.75 Å². The van der Waals surface area contributed by atoms with Crippen molar-refractivity contribution < 1.29 is 14.6 Å². The van der Waals surface area contributed by atoms with E-state index in [4.69, 9.17) is 9.84 Å². The number of carbonyl (C=O) groups is 1. The average Bonchev–Trinajstić information content (AvgIpc) is 2.93. The summed E-state index contributed by atoms with van der Waals surface area (Å²) in [6.07, 6.45) is 1.41. The van der Waals surface area contributed by atoms with Gasteiger partial charge in [-0.3, -0.25) is 4.68 Å². The molecule has 0 atom stereocenters. The zero-order valence-corrected chi connectivity index (χ0v) is 11.1. The van der Waals surface area contributed by atoms with E-state index in [1.807, 2.05) is 24.3 Å². The number of hydrogen-bond acceptors (Lipinski definition) is 5. The first-order chi connectivity index (χ1) is 9.70. The maximum atomic E-state index is 10.7. The van der Waals surface area contributed by atoms with E-state index in [0.29, 0.717) is 19.6 Å². The lowest BCUT2D eigenvalue weighted by molar-refractivity contribution is 0.0690. The summed E-state index contributed by atoms with van der Waals surface area (Å²) in [6.45, 7) is 1.88. The highest BCUT2D eigenvalue weighted by atomic mass is 16.5. The van der Waals surface area contributed by atoms with Crippen LogP contribution in [-0.2, 0) is 13.1 Å². The lowest BCUT2D eigenvalue weighted by Gasteiger charge is -2.09. The van der Waals surface area contributed by atoms with E-state index >= 15 is 0 Å². The summed E-state index contributed by atoms with van der Waals surface area (Å²) in [4.78, 5) is 10.7. The molecule has 2 aromatic rings. The molecule has 106 valence electrons. The van der Waals surface area contributed by atoms with Crippen LogP contribution in [0.15, 0.2) is 30.5 Å². The third kappa shape index (κ3) is 3.55. The first-order valence-corrected chi connectivity index (χ1v) is 6.16. The lowest BCUT2D eigenvalue weighted by atomic mass is 10.2. The number of nitrogens with one attached hydrogen (secondary N) is 1. The Hall–Kier alpha value is -2.41. The summed E-state index contributed by atoms with van der Waals surface area (Å²) in [6, 6.07) is 7.78. The summed E-state index contributed by atoms with van der Waals surface area (Å²) >= 11 is 0. The second-order valence-corrected chi connectivity index (χ2v) is 4.16. The van der Waals surface area contributed by atoms with Gasteiger partial charge in [0, 0.05) is 18.7 Å². The summed E-state index contributed by atoms with van der Waals surface area (Å²) in [5.74, 6) is -0.229. The average molecular weight is 276 g/mol. The van der Waals surface area contributed by atoms with Gasteiger partial charge in [-0.25, -0.2) is 4.79 Å². The Morgan fingerprint density at radius 1 is 1.45 bits per heavy atom. The molecule has 0 amide bonds. The van der Waals surface area contributed by atoms with Gasteiger partial charge in [0.25, 0.3) is 0 Å². The van der Waals surface area contributed by atoms with E-state index in [0.717, 1.165) is 11.3 Å². The number of carboxylic acids is 1. The summed E-state index contributed by atoms with van der Waals surface area (Å²) < 4.78 is 6.76. The number of para-hydroxylation sites is 1. The van der Waals surface area contributed by atoms with Gasteiger partial charge in [0.05, 0.1) is 19.9 Å². The second kappa shape index (κ2) is 6.67. The number of nitrogens with zero attached hydrogens (tertiary/aromatic N) is 3. The van der Waals surface area contributed by atoms with Crippen LogP contribution >= 0.6 is 0 Å². The number of aromatic carboxylic acids is 1. The van der Waals surface area contributed by atoms with Gasteiger partial charge in [0.2, 0.25) is 0 Å². The van der Waals surface area contributed by atoms with Crippen molar-refractivity contribution in [1.29, 1.82) is 0 Å². The van der Waals surface area contributed by atoms with Crippen LogP contribution in [0.4, 0.5) is 0 Å². The molecule has 0 bridgehead atoms. The predicted molar refractivity (Wildman–Crippen MR) is 71.7 cm³/mol. The third-order valence-electron chi connectivity index (χ3n) is 2.78. The Balaban J connectivity index is 1.80. The third-order valence-corrected chi connectivity index (χ3v) is 2.78. The smallest absolute Gasteiger partial charge is 0.358 e. The Bertz CT molecular complexity index is 583. The molecule has 0 fully saturated rings. The van der Waals surface area contributed by atoms with Crippen molar-refractivity contribution in [2.45, 2.75) is 13.1 Å². The van der Waals surface area contributed by atoms with Crippen molar-refractivity contribution >= 4 is 5.97 Å². The molecule has 0 aliphatic heterocycles. The van der Waals surface area contributed by atoms with Crippen molar-refractivity contribution in [2.75, 3.05) is 13.7 Å². The number of rotatable bonds is 7. The molecule has 7 nitrogen and oxygen atoms in total. The minimum Gasteiger partial charge on any atom is -0.496 e.